The molecule has 2 aliphatic rings. The fraction of sp³-hybridized carbons (Fsp3) is 0.269. The molecule has 4 aromatic rings. The minimum atomic E-state index is -0.809. The van der Waals surface area contributed by atoms with Crippen LogP contribution in [-0.4, -0.2) is 36.8 Å². The van der Waals surface area contributed by atoms with Crippen LogP contribution in [0.25, 0.3) is 16.9 Å². The summed E-state index contributed by atoms with van der Waals surface area (Å²) in [5.41, 5.74) is 4.24. The van der Waals surface area contributed by atoms with Crippen molar-refractivity contribution in [3.63, 3.8) is 0 Å². The zero-order chi connectivity index (χ0) is 24.3. The lowest BCUT2D eigenvalue weighted by atomic mass is 9.96. The molecule has 178 valence electrons. The maximum absolute atomic E-state index is 14.0. The molecule has 6 rings (SSSR count). The zero-order valence-electron chi connectivity index (χ0n) is 19.4. The number of amides is 2. The van der Waals surface area contributed by atoms with Crippen LogP contribution < -0.4 is 10.6 Å². The first-order valence-electron chi connectivity index (χ1n) is 11.6. The number of hydrogen-bond donors (Lipinski definition) is 3. The van der Waals surface area contributed by atoms with Gasteiger partial charge in [0.2, 0.25) is 0 Å². The van der Waals surface area contributed by atoms with Crippen molar-refractivity contribution in [3.05, 3.63) is 83.4 Å². The first-order valence-corrected chi connectivity index (χ1v) is 11.6. The summed E-state index contributed by atoms with van der Waals surface area (Å²) < 4.78 is 17.4. The van der Waals surface area contributed by atoms with Crippen LogP contribution in [0.5, 0.6) is 0 Å². The van der Waals surface area contributed by atoms with E-state index in [0.29, 0.717) is 17.1 Å². The molecular weight excluding hydrogens is 447 g/mol. The molecule has 0 radical (unpaired) electrons. The third kappa shape index (κ3) is 3.42. The van der Waals surface area contributed by atoms with Crippen molar-refractivity contribution in [1.29, 1.82) is 0 Å². The van der Waals surface area contributed by atoms with E-state index in [1.165, 1.54) is 12.1 Å². The Morgan fingerprint density at radius 1 is 1.20 bits per heavy atom. The second kappa shape index (κ2) is 7.78. The Balaban J connectivity index is 1.34. The number of fused-ring (bicyclic) bond motifs is 2. The van der Waals surface area contributed by atoms with Gasteiger partial charge in [-0.1, -0.05) is 24.3 Å². The number of hydrogen-bond acceptors (Lipinski definition) is 4. The Kier molecular flexibility index (Phi) is 4.79. The molecular formula is C26H25FN6O2. The summed E-state index contributed by atoms with van der Waals surface area (Å²) in [7, 11) is 1.83. The summed E-state index contributed by atoms with van der Waals surface area (Å²) in [4.78, 5) is 13.2. The van der Waals surface area contributed by atoms with E-state index in [9.17, 15) is 14.3 Å². The number of nitrogens with one attached hydrogen (secondary N) is 2. The number of rotatable bonds is 4. The van der Waals surface area contributed by atoms with Gasteiger partial charge in [0, 0.05) is 29.8 Å². The van der Waals surface area contributed by atoms with Crippen molar-refractivity contribution in [2.24, 2.45) is 7.05 Å². The van der Waals surface area contributed by atoms with Crippen molar-refractivity contribution in [3.8, 4) is 16.9 Å². The fourth-order valence-corrected chi connectivity index (χ4v) is 5.25. The summed E-state index contributed by atoms with van der Waals surface area (Å²) in [6, 6.07) is 12.9. The van der Waals surface area contributed by atoms with Crippen LogP contribution in [0, 0.1) is 12.7 Å². The van der Waals surface area contributed by atoms with Crippen molar-refractivity contribution in [2.45, 2.75) is 37.3 Å². The van der Waals surface area contributed by atoms with Crippen LogP contribution in [-0.2, 0) is 12.5 Å². The summed E-state index contributed by atoms with van der Waals surface area (Å²) in [6.07, 6.45) is 4.42. The van der Waals surface area contributed by atoms with E-state index in [2.05, 4.69) is 15.7 Å². The molecule has 0 saturated heterocycles. The van der Waals surface area contributed by atoms with E-state index in [-0.39, 0.29) is 5.82 Å². The number of para-hydroxylation sites is 1. The first kappa shape index (κ1) is 21.5. The van der Waals surface area contributed by atoms with Crippen LogP contribution in [0.3, 0.4) is 0 Å². The average molecular weight is 473 g/mol. The highest BCUT2D eigenvalue weighted by Gasteiger charge is 2.59. The summed E-state index contributed by atoms with van der Waals surface area (Å²) >= 11 is 0. The van der Waals surface area contributed by atoms with Gasteiger partial charge in [-0.3, -0.25) is 10.00 Å². The van der Waals surface area contributed by atoms with Gasteiger partial charge in [0.05, 0.1) is 24.0 Å². The van der Waals surface area contributed by atoms with Crippen molar-refractivity contribution >= 4 is 11.8 Å². The highest BCUT2D eigenvalue weighted by atomic mass is 19.1. The van der Waals surface area contributed by atoms with E-state index >= 15 is 0 Å². The number of aryl methyl sites for hydroxylation is 1. The number of carbonyl (C=O) groups is 1. The number of anilines is 1. The number of aliphatic hydroxyl groups excluding tert-OH is 1. The predicted octanol–water partition coefficient (Wildman–Crippen LogP) is 3.99. The average Bonchev–Trinajstić information content (AvgIpc) is 3.38. The SMILES string of the molecule is Cc1c(-c2cnn(C)c2)nn(-c2ccccc2)c1NC(=O)NC1c2cc(F)ccc2C2(CC2)C1O. The van der Waals surface area contributed by atoms with Gasteiger partial charge in [0.25, 0.3) is 0 Å². The number of aromatic nitrogens is 4. The molecule has 2 amide bonds. The minimum Gasteiger partial charge on any atom is -0.390 e. The topological polar surface area (TPSA) is 97.0 Å². The molecule has 2 aromatic heterocycles. The van der Waals surface area contributed by atoms with Gasteiger partial charge in [0.1, 0.15) is 17.3 Å². The van der Waals surface area contributed by atoms with Crippen LogP contribution >= 0.6 is 0 Å². The number of halogens is 1. The third-order valence-electron chi connectivity index (χ3n) is 7.18. The Morgan fingerprint density at radius 2 is 1.97 bits per heavy atom. The Morgan fingerprint density at radius 3 is 2.66 bits per heavy atom. The Bertz CT molecular complexity index is 1440. The molecule has 9 heteroatoms. The summed E-state index contributed by atoms with van der Waals surface area (Å²) in [6.45, 7) is 1.89. The largest absolute Gasteiger partial charge is 0.390 e. The third-order valence-corrected chi connectivity index (χ3v) is 7.18. The molecule has 0 bridgehead atoms. The van der Waals surface area contributed by atoms with Gasteiger partial charge in [-0.15, -0.1) is 0 Å². The maximum Gasteiger partial charge on any atom is 0.320 e. The van der Waals surface area contributed by atoms with Crippen LogP contribution in [0.2, 0.25) is 0 Å². The van der Waals surface area contributed by atoms with Gasteiger partial charge < -0.3 is 10.4 Å². The number of urea groups is 1. The highest BCUT2D eigenvalue weighted by Crippen LogP contribution is 2.60. The number of benzene rings is 2. The maximum atomic E-state index is 14.0. The van der Waals surface area contributed by atoms with Crippen LogP contribution in [0.1, 0.15) is 35.6 Å². The molecule has 1 saturated carbocycles. The molecule has 2 heterocycles. The lowest BCUT2D eigenvalue weighted by Gasteiger charge is -2.21. The van der Waals surface area contributed by atoms with E-state index in [4.69, 9.17) is 5.10 Å². The molecule has 8 nitrogen and oxygen atoms in total. The molecule has 1 spiro atoms. The fourth-order valence-electron chi connectivity index (χ4n) is 5.25. The van der Waals surface area contributed by atoms with Crippen molar-refractivity contribution in [1.82, 2.24) is 24.9 Å². The second-order valence-electron chi connectivity index (χ2n) is 9.38. The molecule has 35 heavy (non-hydrogen) atoms. The smallest absolute Gasteiger partial charge is 0.320 e. The zero-order valence-corrected chi connectivity index (χ0v) is 19.4. The lowest BCUT2D eigenvalue weighted by molar-refractivity contribution is 0.109. The van der Waals surface area contributed by atoms with Gasteiger partial charge >= 0.3 is 6.03 Å². The monoisotopic (exact) mass is 472 g/mol. The molecule has 1 fully saturated rings. The van der Waals surface area contributed by atoms with Crippen molar-refractivity contribution in [2.75, 3.05) is 5.32 Å². The number of nitrogens with zero attached hydrogens (tertiary/aromatic N) is 4. The van der Waals surface area contributed by atoms with E-state index < -0.39 is 23.6 Å². The standard InChI is InChI=1S/C26H25FN6O2/c1-15-21(16-13-28-32(2)14-16)31-33(18-6-4-3-5-7-18)24(15)30-25(35)29-22-19-12-17(27)8-9-20(19)26(10-11-26)23(22)34/h3-9,12-14,22-23,34H,10-11H2,1-2H3,(H2,29,30,35). The Hall–Kier alpha value is -3.98. The first-order chi connectivity index (χ1) is 16.9. The summed E-state index contributed by atoms with van der Waals surface area (Å²) in [5, 5.41) is 25.9. The second-order valence-corrected chi connectivity index (χ2v) is 9.38. The summed E-state index contributed by atoms with van der Waals surface area (Å²) in [5.74, 6) is 0.112. The molecule has 2 unspecified atom stereocenters. The van der Waals surface area contributed by atoms with Gasteiger partial charge in [-0.2, -0.15) is 10.2 Å². The highest BCUT2D eigenvalue weighted by molar-refractivity contribution is 5.91. The molecule has 2 aromatic carbocycles. The van der Waals surface area contributed by atoms with E-state index in [1.807, 2.05) is 50.5 Å². The number of aliphatic hydroxyl groups is 1. The Labute approximate surface area is 201 Å². The minimum absolute atomic E-state index is 0.389. The van der Waals surface area contributed by atoms with Crippen LogP contribution in [0.15, 0.2) is 60.9 Å². The molecule has 0 aliphatic heterocycles. The normalized spacial score (nSPS) is 19.5. The lowest BCUT2D eigenvalue weighted by Crippen LogP contribution is -2.39. The van der Waals surface area contributed by atoms with Crippen molar-refractivity contribution < 1.29 is 14.3 Å². The van der Waals surface area contributed by atoms with Crippen LogP contribution in [0.4, 0.5) is 15.0 Å². The molecule has 3 N–H and O–H groups in total. The van der Waals surface area contributed by atoms with E-state index in [1.54, 1.807) is 21.6 Å². The van der Waals surface area contributed by atoms with Gasteiger partial charge in [-0.05, 0) is 55.2 Å². The molecule has 2 aliphatic carbocycles. The van der Waals surface area contributed by atoms with Gasteiger partial charge in [0.15, 0.2) is 0 Å². The number of carbonyl (C=O) groups excluding carboxylic acids is 1. The van der Waals surface area contributed by atoms with E-state index in [0.717, 1.165) is 35.2 Å². The molecule has 2 atom stereocenters. The predicted molar refractivity (Wildman–Crippen MR) is 129 cm³/mol. The quantitative estimate of drug-likeness (QED) is 0.418. The van der Waals surface area contributed by atoms with Gasteiger partial charge in [-0.25, -0.2) is 13.9 Å².